The number of rotatable bonds is 10. The van der Waals surface area contributed by atoms with E-state index in [1.807, 2.05) is 20.8 Å². The Morgan fingerprint density at radius 1 is 1.00 bits per heavy atom. The minimum Gasteiger partial charge on any atom is -0.490 e. The molecule has 0 amide bonds. The molecular weight excluding hydrogens is 520 g/mol. The van der Waals surface area contributed by atoms with Crippen LogP contribution in [0.25, 0.3) is 0 Å². The van der Waals surface area contributed by atoms with Gasteiger partial charge in [-0.3, -0.25) is 25.7 Å². The van der Waals surface area contributed by atoms with Crippen molar-refractivity contribution in [1.29, 1.82) is 0 Å². The van der Waals surface area contributed by atoms with Gasteiger partial charge in [0.15, 0.2) is 11.5 Å². The van der Waals surface area contributed by atoms with Crippen LogP contribution in [0.1, 0.15) is 29.2 Å². The molecule has 0 fully saturated rings. The SMILES string of the molecule is CCOc1cc(/C=N/Nc2ccc([N+](=O)[O-])cc2[N+](=O)[O-])cc(Br)c1OCc1cc(C)cc(C)c1. The van der Waals surface area contributed by atoms with E-state index in [4.69, 9.17) is 9.47 Å². The van der Waals surface area contributed by atoms with Gasteiger partial charge in [0, 0.05) is 6.07 Å². The lowest BCUT2D eigenvalue weighted by Crippen LogP contribution is -2.02. The first kappa shape index (κ1) is 25.6. The van der Waals surface area contributed by atoms with Gasteiger partial charge in [-0.2, -0.15) is 5.10 Å². The van der Waals surface area contributed by atoms with Crippen molar-refractivity contribution < 1.29 is 19.3 Å². The zero-order chi connectivity index (χ0) is 25.5. The molecular formula is C24H23BrN4O6. The molecule has 11 heteroatoms. The van der Waals surface area contributed by atoms with Crippen molar-refractivity contribution in [2.75, 3.05) is 12.0 Å². The number of hydrogen-bond donors (Lipinski definition) is 1. The Bertz CT molecular complexity index is 1270. The smallest absolute Gasteiger partial charge is 0.301 e. The number of anilines is 1. The average molecular weight is 543 g/mol. The summed E-state index contributed by atoms with van der Waals surface area (Å²) < 4.78 is 12.5. The molecule has 0 aliphatic carbocycles. The molecule has 0 saturated heterocycles. The summed E-state index contributed by atoms with van der Waals surface area (Å²) in [6, 6.07) is 13.0. The van der Waals surface area contributed by atoms with E-state index in [-0.39, 0.29) is 11.4 Å². The topological polar surface area (TPSA) is 129 Å². The Kier molecular flexibility index (Phi) is 8.37. The molecule has 0 aliphatic rings. The van der Waals surface area contributed by atoms with Gasteiger partial charge in [0.25, 0.3) is 5.69 Å². The summed E-state index contributed by atoms with van der Waals surface area (Å²) >= 11 is 3.52. The molecule has 0 unspecified atom stereocenters. The largest absolute Gasteiger partial charge is 0.490 e. The fraction of sp³-hybridized carbons (Fsp3) is 0.208. The van der Waals surface area contributed by atoms with E-state index >= 15 is 0 Å². The molecule has 3 aromatic rings. The van der Waals surface area contributed by atoms with Crippen molar-refractivity contribution in [3.63, 3.8) is 0 Å². The third-order valence-electron chi connectivity index (χ3n) is 4.78. The fourth-order valence-corrected chi connectivity index (χ4v) is 4.00. The molecule has 0 heterocycles. The highest BCUT2D eigenvalue weighted by Crippen LogP contribution is 2.37. The molecule has 0 atom stereocenters. The fourth-order valence-electron chi connectivity index (χ4n) is 3.43. The average Bonchev–Trinajstić information content (AvgIpc) is 2.78. The summed E-state index contributed by atoms with van der Waals surface area (Å²) in [5.41, 5.74) is 5.73. The van der Waals surface area contributed by atoms with Gasteiger partial charge in [0.1, 0.15) is 12.3 Å². The molecule has 10 nitrogen and oxygen atoms in total. The zero-order valence-corrected chi connectivity index (χ0v) is 20.9. The normalized spacial score (nSPS) is 10.9. The molecule has 0 saturated carbocycles. The number of nitrogens with zero attached hydrogens (tertiary/aromatic N) is 3. The van der Waals surface area contributed by atoms with E-state index in [1.54, 1.807) is 12.1 Å². The maximum Gasteiger partial charge on any atom is 0.301 e. The Labute approximate surface area is 210 Å². The first-order valence-electron chi connectivity index (χ1n) is 10.6. The first-order valence-corrected chi connectivity index (χ1v) is 11.4. The molecule has 0 aromatic heterocycles. The summed E-state index contributed by atoms with van der Waals surface area (Å²) in [6.45, 7) is 6.70. The Hall–Kier alpha value is -3.99. The van der Waals surface area contributed by atoms with Crippen LogP contribution in [0.5, 0.6) is 11.5 Å². The molecule has 0 spiro atoms. The van der Waals surface area contributed by atoms with Gasteiger partial charge < -0.3 is 9.47 Å². The monoisotopic (exact) mass is 542 g/mol. The van der Waals surface area contributed by atoms with Gasteiger partial charge in [-0.25, -0.2) is 0 Å². The second-order valence-corrected chi connectivity index (χ2v) is 8.49. The highest BCUT2D eigenvalue weighted by atomic mass is 79.9. The van der Waals surface area contributed by atoms with Crippen LogP contribution in [-0.4, -0.2) is 22.7 Å². The number of ether oxygens (including phenoxy) is 2. The van der Waals surface area contributed by atoms with Crippen LogP contribution in [0.15, 0.2) is 58.1 Å². The summed E-state index contributed by atoms with van der Waals surface area (Å²) in [5.74, 6) is 1.05. The number of hydrogen-bond acceptors (Lipinski definition) is 8. The van der Waals surface area contributed by atoms with E-state index in [2.05, 4.69) is 44.7 Å². The van der Waals surface area contributed by atoms with Crippen molar-refractivity contribution in [3.8, 4) is 11.5 Å². The van der Waals surface area contributed by atoms with Crippen LogP contribution < -0.4 is 14.9 Å². The predicted octanol–water partition coefficient (Wildman–Crippen LogP) is 6.31. The minimum atomic E-state index is -0.712. The first-order chi connectivity index (χ1) is 16.7. The van der Waals surface area contributed by atoms with Crippen molar-refractivity contribution in [1.82, 2.24) is 0 Å². The number of halogens is 1. The van der Waals surface area contributed by atoms with Crippen LogP contribution in [-0.2, 0) is 6.61 Å². The van der Waals surface area contributed by atoms with Crippen molar-refractivity contribution in [3.05, 3.63) is 95.5 Å². The van der Waals surface area contributed by atoms with Crippen molar-refractivity contribution in [2.24, 2.45) is 5.10 Å². The molecule has 0 aliphatic heterocycles. The van der Waals surface area contributed by atoms with Gasteiger partial charge >= 0.3 is 5.69 Å². The quantitative estimate of drug-likeness (QED) is 0.180. The van der Waals surface area contributed by atoms with Gasteiger partial charge in [0.2, 0.25) is 0 Å². The van der Waals surface area contributed by atoms with Crippen LogP contribution in [0.2, 0.25) is 0 Å². The number of nitrogens with one attached hydrogen (secondary N) is 1. The summed E-state index contributed by atoms with van der Waals surface area (Å²) in [6.07, 6.45) is 1.45. The Morgan fingerprint density at radius 3 is 2.34 bits per heavy atom. The van der Waals surface area contributed by atoms with Crippen LogP contribution in [0, 0.1) is 34.1 Å². The third kappa shape index (κ3) is 6.76. The number of benzene rings is 3. The van der Waals surface area contributed by atoms with E-state index in [9.17, 15) is 20.2 Å². The molecule has 3 rings (SSSR count). The molecule has 35 heavy (non-hydrogen) atoms. The minimum absolute atomic E-state index is 0.0225. The van der Waals surface area contributed by atoms with E-state index in [0.717, 1.165) is 28.8 Å². The summed E-state index contributed by atoms with van der Waals surface area (Å²) in [7, 11) is 0. The number of hydrazone groups is 1. The van der Waals surface area contributed by atoms with Crippen molar-refractivity contribution in [2.45, 2.75) is 27.4 Å². The predicted molar refractivity (Wildman–Crippen MR) is 137 cm³/mol. The second-order valence-electron chi connectivity index (χ2n) is 7.63. The number of nitro benzene ring substituents is 2. The molecule has 182 valence electrons. The maximum atomic E-state index is 11.3. The Balaban J connectivity index is 1.80. The second kappa shape index (κ2) is 11.4. The number of nitro groups is 2. The van der Waals surface area contributed by atoms with Crippen LogP contribution in [0.4, 0.5) is 17.1 Å². The van der Waals surface area contributed by atoms with Crippen LogP contribution >= 0.6 is 15.9 Å². The van der Waals surface area contributed by atoms with E-state index < -0.39 is 15.5 Å². The third-order valence-corrected chi connectivity index (χ3v) is 5.37. The summed E-state index contributed by atoms with van der Waals surface area (Å²) in [5, 5.41) is 26.2. The lowest BCUT2D eigenvalue weighted by Gasteiger charge is -2.15. The molecule has 3 aromatic carbocycles. The van der Waals surface area contributed by atoms with Gasteiger partial charge in [-0.15, -0.1) is 0 Å². The number of aryl methyl sites for hydroxylation is 2. The number of non-ortho nitro benzene ring substituents is 1. The highest BCUT2D eigenvalue weighted by Gasteiger charge is 2.19. The standard InChI is InChI=1S/C24H23BrN4O6/c1-4-34-23-11-17(10-20(25)24(23)35-14-18-8-15(2)7-16(3)9-18)13-26-27-21-6-5-19(28(30)31)12-22(21)29(32)33/h5-13,27H,4,14H2,1-3H3/b26-13+. The van der Waals surface area contributed by atoms with Crippen LogP contribution in [0.3, 0.4) is 0 Å². The molecule has 0 bridgehead atoms. The van der Waals surface area contributed by atoms with Gasteiger partial charge in [-0.1, -0.05) is 29.3 Å². The zero-order valence-electron chi connectivity index (χ0n) is 19.3. The van der Waals surface area contributed by atoms with E-state index in [1.165, 1.54) is 12.3 Å². The molecule has 0 radical (unpaired) electrons. The molecule has 1 N–H and O–H groups in total. The van der Waals surface area contributed by atoms with E-state index in [0.29, 0.717) is 34.7 Å². The lowest BCUT2D eigenvalue weighted by atomic mass is 10.1. The lowest BCUT2D eigenvalue weighted by molar-refractivity contribution is -0.393. The highest BCUT2D eigenvalue weighted by molar-refractivity contribution is 9.10. The maximum absolute atomic E-state index is 11.3. The van der Waals surface area contributed by atoms with Crippen molar-refractivity contribution >= 4 is 39.2 Å². The van der Waals surface area contributed by atoms with Gasteiger partial charge in [0.05, 0.1) is 33.2 Å². The summed E-state index contributed by atoms with van der Waals surface area (Å²) in [4.78, 5) is 20.8. The Morgan fingerprint density at radius 2 is 1.71 bits per heavy atom. The van der Waals surface area contributed by atoms with Gasteiger partial charge in [-0.05, 0) is 66.0 Å².